The van der Waals surface area contributed by atoms with Crippen LogP contribution in [0, 0.1) is 5.92 Å². The first-order chi connectivity index (χ1) is 14.7. The minimum atomic E-state index is -0.662. The summed E-state index contributed by atoms with van der Waals surface area (Å²) in [5, 5.41) is 3.50. The van der Waals surface area contributed by atoms with Crippen molar-refractivity contribution in [2.24, 2.45) is 10.9 Å². The smallest absolute Gasteiger partial charge is 0.410 e. The Morgan fingerprint density at radius 1 is 1.29 bits per heavy atom. The van der Waals surface area contributed by atoms with E-state index in [1.165, 1.54) is 23.3 Å². The number of hydrogen-bond donors (Lipinski definition) is 1. The quantitative estimate of drug-likeness (QED) is 0.627. The number of aromatic nitrogens is 1. The number of carbonyl (C=O) groups excluding carboxylic acids is 2. The average molecular weight is 523 g/mol. The summed E-state index contributed by atoms with van der Waals surface area (Å²) in [4.78, 5) is 33.1. The molecule has 0 saturated carbocycles. The second-order valence-electron chi connectivity index (χ2n) is 8.54. The van der Waals surface area contributed by atoms with Gasteiger partial charge in [0, 0.05) is 23.8 Å². The maximum atomic E-state index is 12.8. The Hall–Kier alpha value is -1.91. The molecule has 2 unspecified atom stereocenters. The summed E-state index contributed by atoms with van der Waals surface area (Å²) in [6.07, 6.45) is -0.347. The summed E-state index contributed by atoms with van der Waals surface area (Å²) in [7, 11) is 0. The molecule has 31 heavy (non-hydrogen) atoms. The fraction of sp³-hybridized carbons (Fsp3) is 0.429. The first-order valence-corrected chi connectivity index (χ1v) is 12.4. The van der Waals surface area contributed by atoms with Crippen molar-refractivity contribution >= 4 is 56.4 Å². The van der Waals surface area contributed by atoms with Gasteiger partial charge in [0.25, 0.3) is 5.91 Å². The van der Waals surface area contributed by atoms with Crippen LogP contribution in [0.4, 0.5) is 4.79 Å². The number of fused-ring (bicyclic) bond motifs is 1. The monoisotopic (exact) mass is 522 g/mol. The first-order valence-electron chi connectivity index (χ1n) is 9.86. The largest absolute Gasteiger partial charge is 0.444 e. The lowest BCUT2D eigenvalue weighted by Gasteiger charge is -2.33. The summed E-state index contributed by atoms with van der Waals surface area (Å²) >= 11 is 6.30. The van der Waals surface area contributed by atoms with Crippen LogP contribution < -0.4 is 5.32 Å². The Kier molecular flexibility index (Phi) is 6.15. The van der Waals surface area contributed by atoms with Gasteiger partial charge in [-0.05, 0) is 66.4 Å². The predicted molar refractivity (Wildman–Crippen MR) is 127 cm³/mol. The molecule has 2 aliphatic rings. The molecule has 1 N–H and O–H groups in total. The van der Waals surface area contributed by atoms with Crippen LogP contribution in [0.1, 0.15) is 36.0 Å². The molecule has 1 fully saturated rings. The number of ether oxygens (including phenoxy) is 1. The van der Waals surface area contributed by atoms with E-state index >= 15 is 0 Å². The third kappa shape index (κ3) is 4.80. The number of amidine groups is 1. The molecule has 0 bridgehead atoms. The first kappa shape index (κ1) is 22.3. The topological polar surface area (TPSA) is 83.9 Å². The Labute approximate surface area is 197 Å². The average Bonchev–Trinajstić information content (AvgIpc) is 3.31. The fourth-order valence-corrected chi connectivity index (χ4v) is 6.26. The molecular formula is C21H23BrN4O3S2. The van der Waals surface area contributed by atoms with Crippen molar-refractivity contribution < 1.29 is 14.3 Å². The zero-order valence-electron chi connectivity index (χ0n) is 17.4. The van der Waals surface area contributed by atoms with E-state index in [0.29, 0.717) is 23.8 Å². The van der Waals surface area contributed by atoms with Crippen molar-refractivity contribution in [3.8, 4) is 0 Å². The van der Waals surface area contributed by atoms with Gasteiger partial charge in [0.2, 0.25) is 0 Å². The highest BCUT2D eigenvalue weighted by Gasteiger charge is 2.53. The number of aliphatic imine (C=N–C) groups is 1. The third-order valence-electron chi connectivity index (χ3n) is 5.09. The van der Waals surface area contributed by atoms with Crippen molar-refractivity contribution in [1.29, 1.82) is 0 Å². The van der Waals surface area contributed by atoms with E-state index in [2.05, 4.69) is 25.6 Å². The highest BCUT2D eigenvalue weighted by Crippen LogP contribution is 2.47. The normalized spacial score (nSPS) is 23.2. The van der Waals surface area contributed by atoms with Crippen LogP contribution in [-0.4, -0.2) is 50.9 Å². The SMILES string of the molecule is CC(C)(C)OC(=O)N1CC2CSC(NC(=O)c3ccccc3)=NC2(c2cc(Br)ns2)C1. The summed E-state index contributed by atoms with van der Waals surface area (Å²) in [5.41, 5.74) is -0.659. The molecule has 2 aromatic rings. The molecule has 1 aromatic carbocycles. The standard InChI is InChI=1S/C21H23BrN4O3S2/c1-20(2,3)29-19(28)26-10-14-11-30-18(23-17(27)13-7-5-4-6-8-13)24-21(14,12-26)15-9-16(22)25-31-15/h4-9,14H,10-12H2,1-3H3,(H,23,24,27). The summed E-state index contributed by atoms with van der Waals surface area (Å²) in [5.74, 6) is 0.616. The summed E-state index contributed by atoms with van der Waals surface area (Å²) < 4.78 is 10.7. The van der Waals surface area contributed by atoms with Crippen molar-refractivity contribution in [2.45, 2.75) is 31.9 Å². The van der Waals surface area contributed by atoms with Gasteiger partial charge < -0.3 is 15.0 Å². The van der Waals surface area contributed by atoms with Crippen LogP contribution in [0.25, 0.3) is 0 Å². The molecule has 2 atom stereocenters. The lowest BCUT2D eigenvalue weighted by atomic mass is 9.87. The molecule has 0 aliphatic carbocycles. The molecule has 0 radical (unpaired) electrons. The highest BCUT2D eigenvalue weighted by atomic mass is 79.9. The number of halogens is 1. The molecule has 10 heteroatoms. The number of nitrogens with one attached hydrogen (secondary N) is 1. The van der Waals surface area contributed by atoms with E-state index in [-0.39, 0.29) is 17.9 Å². The van der Waals surface area contributed by atoms with Crippen molar-refractivity contribution in [1.82, 2.24) is 14.6 Å². The molecule has 7 nitrogen and oxygen atoms in total. The number of amides is 2. The molecule has 164 valence electrons. The minimum absolute atomic E-state index is 0.0924. The number of nitrogens with zero attached hydrogens (tertiary/aromatic N) is 3. The molecule has 4 rings (SSSR count). The van der Waals surface area contributed by atoms with Crippen LogP contribution in [0.2, 0.25) is 0 Å². The Morgan fingerprint density at radius 3 is 2.68 bits per heavy atom. The molecule has 2 aliphatic heterocycles. The molecule has 1 saturated heterocycles. The second kappa shape index (κ2) is 8.55. The van der Waals surface area contributed by atoms with Crippen LogP contribution in [0.5, 0.6) is 0 Å². The van der Waals surface area contributed by atoms with Crippen LogP contribution >= 0.6 is 39.2 Å². The van der Waals surface area contributed by atoms with Crippen LogP contribution in [0.3, 0.4) is 0 Å². The van der Waals surface area contributed by atoms with Crippen molar-refractivity contribution in [3.05, 3.63) is 51.4 Å². The van der Waals surface area contributed by atoms with Gasteiger partial charge in [-0.1, -0.05) is 30.0 Å². The Morgan fingerprint density at radius 2 is 2.03 bits per heavy atom. The Bertz CT molecular complexity index is 1020. The van der Waals surface area contributed by atoms with Gasteiger partial charge in [0.15, 0.2) is 5.17 Å². The summed E-state index contributed by atoms with van der Waals surface area (Å²) in [6.45, 7) is 6.49. The number of hydrogen-bond acceptors (Lipinski definition) is 7. The second-order valence-corrected chi connectivity index (χ2v) is 11.2. The zero-order chi connectivity index (χ0) is 22.2. The van der Waals surface area contributed by atoms with E-state index in [1.54, 1.807) is 17.0 Å². The van der Waals surface area contributed by atoms with Crippen molar-refractivity contribution in [2.75, 3.05) is 18.8 Å². The third-order valence-corrected chi connectivity index (χ3v) is 7.72. The number of rotatable bonds is 2. The zero-order valence-corrected chi connectivity index (χ0v) is 20.6. The van der Waals surface area contributed by atoms with Gasteiger partial charge in [-0.15, -0.1) is 0 Å². The number of thioether (sulfide) groups is 1. The molecule has 0 spiro atoms. The van der Waals surface area contributed by atoms with Gasteiger partial charge in [-0.3, -0.25) is 4.79 Å². The molecule has 1 aromatic heterocycles. The molecule has 2 amide bonds. The maximum Gasteiger partial charge on any atom is 0.410 e. The van der Waals surface area contributed by atoms with E-state index < -0.39 is 11.1 Å². The number of benzene rings is 1. The van der Waals surface area contributed by atoms with Crippen LogP contribution in [0.15, 0.2) is 46.0 Å². The van der Waals surface area contributed by atoms with Gasteiger partial charge in [0.1, 0.15) is 15.7 Å². The van der Waals surface area contributed by atoms with Gasteiger partial charge in [-0.2, -0.15) is 4.37 Å². The molecular weight excluding hydrogens is 500 g/mol. The molecule has 3 heterocycles. The minimum Gasteiger partial charge on any atom is -0.444 e. The number of carbonyl (C=O) groups is 2. The van der Waals surface area contributed by atoms with Gasteiger partial charge >= 0.3 is 6.09 Å². The van der Waals surface area contributed by atoms with E-state index in [9.17, 15) is 9.59 Å². The maximum absolute atomic E-state index is 12.8. The van der Waals surface area contributed by atoms with Gasteiger partial charge in [0.05, 0.1) is 11.4 Å². The summed E-state index contributed by atoms with van der Waals surface area (Å²) in [6, 6.07) is 11.0. The lowest BCUT2D eigenvalue weighted by molar-refractivity contribution is 0.0282. The lowest BCUT2D eigenvalue weighted by Crippen LogP contribution is -2.42. The van der Waals surface area contributed by atoms with E-state index in [1.807, 2.05) is 45.0 Å². The number of likely N-dealkylation sites (tertiary alicyclic amines) is 1. The Balaban J connectivity index is 1.64. The van der Waals surface area contributed by atoms with E-state index in [0.717, 1.165) is 15.2 Å². The fourth-order valence-electron chi connectivity index (χ4n) is 3.69. The van der Waals surface area contributed by atoms with E-state index in [4.69, 9.17) is 9.73 Å². The van der Waals surface area contributed by atoms with Crippen LogP contribution in [-0.2, 0) is 10.3 Å². The predicted octanol–water partition coefficient (Wildman–Crippen LogP) is 4.50. The highest BCUT2D eigenvalue weighted by molar-refractivity contribution is 9.10. The van der Waals surface area contributed by atoms with Crippen molar-refractivity contribution in [3.63, 3.8) is 0 Å². The van der Waals surface area contributed by atoms with Gasteiger partial charge in [-0.25, -0.2) is 9.79 Å².